The van der Waals surface area contributed by atoms with Gasteiger partial charge in [-0.2, -0.15) is 0 Å². The van der Waals surface area contributed by atoms with Crippen LogP contribution in [0.2, 0.25) is 0 Å². The molecule has 0 heterocycles. The number of unbranched alkanes of at least 4 members (excludes halogenated alkanes) is 3. The van der Waals surface area contributed by atoms with E-state index in [1.807, 2.05) is 0 Å². The molecule has 0 bridgehead atoms. The van der Waals surface area contributed by atoms with Crippen molar-refractivity contribution in [2.24, 2.45) is 0 Å². The van der Waals surface area contributed by atoms with Crippen LogP contribution in [0.1, 0.15) is 69.9 Å². The van der Waals surface area contributed by atoms with Gasteiger partial charge in [0.05, 0.1) is 7.11 Å². The van der Waals surface area contributed by atoms with Crippen LogP contribution in [0.3, 0.4) is 0 Å². The summed E-state index contributed by atoms with van der Waals surface area (Å²) in [6.07, 6.45) is 8.96. The van der Waals surface area contributed by atoms with Gasteiger partial charge in [0, 0.05) is 5.41 Å². The Morgan fingerprint density at radius 2 is 1.50 bits per heavy atom. The molecular formula is C23H30O. The number of ether oxygens (including phenoxy) is 1. The van der Waals surface area contributed by atoms with Gasteiger partial charge in [-0.3, -0.25) is 0 Å². The van der Waals surface area contributed by atoms with Crippen LogP contribution in [0.15, 0.2) is 42.5 Å². The highest BCUT2D eigenvalue weighted by molar-refractivity contribution is 5.82. The second kappa shape index (κ2) is 7.42. The number of hydrogen-bond donors (Lipinski definition) is 0. The Labute approximate surface area is 147 Å². The van der Waals surface area contributed by atoms with Gasteiger partial charge in [0.1, 0.15) is 5.75 Å². The van der Waals surface area contributed by atoms with E-state index < -0.39 is 0 Å². The second-order valence-electron chi connectivity index (χ2n) is 7.10. The number of methoxy groups -OCH3 is 1. The first kappa shape index (κ1) is 17.1. The summed E-state index contributed by atoms with van der Waals surface area (Å²) in [5, 5.41) is 0. The first-order valence-electron chi connectivity index (χ1n) is 9.55. The van der Waals surface area contributed by atoms with Crippen molar-refractivity contribution in [1.29, 1.82) is 0 Å². The Bertz CT molecular complexity index is 688. The maximum Gasteiger partial charge on any atom is 0.119 e. The quantitative estimate of drug-likeness (QED) is 0.489. The third-order valence-corrected chi connectivity index (χ3v) is 5.64. The molecule has 24 heavy (non-hydrogen) atoms. The van der Waals surface area contributed by atoms with Crippen molar-refractivity contribution in [3.8, 4) is 16.9 Å². The Morgan fingerprint density at radius 3 is 2.25 bits per heavy atom. The lowest BCUT2D eigenvalue weighted by Crippen LogP contribution is -2.25. The smallest absolute Gasteiger partial charge is 0.119 e. The van der Waals surface area contributed by atoms with Gasteiger partial charge < -0.3 is 4.74 Å². The Balaban J connectivity index is 2.13. The third-order valence-electron chi connectivity index (χ3n) is 5.64. The fourth-order valence-corrected chi connectivity index (χ4v) is 4.39. The molecule has 128 valence electrons. The summed E-state index contributed by atoms with van der Waals surface area (Å²) < 4.78 is 5.50. The van der Waals surface area contributed by atoms with Crippen LogP contribution in [-0.2, 0) is 5.41 Å². The third kappa shape index (κ3) is 2.85. The predicted molar refractivity (Wildman–Crippen MR) is 103 cm³/mol. The average Bonchev–Trinajstić information content (AvgIpc) is 2.90. The number of fused-ring (bicyclic) bond motifs is 3. The molecule has 1 aliphatic carbocycles. The maximum atomic E-state index is 5.50. The molecule has 3 rings (SSSR count). The monoisotopic (exact) mass is 322 g/mol. The highest BCUT2D eigenvalue weighted by Crippen LogP contribution is 2.54. The van der Waals surface area contributed by atoms with E-state index in [4.69, 9.17) is 4.74 Å². The van der Waals surface area contributed by atoms with Gasteiger partial charge in [-0.05, 0) is 47.2 Å². The molecule has 0 aromatic heterocycles. The lowest BCUT2D eigenvalue weighted by Gasteiger charge is -2.32. The lowest BCUT2D eigenvalue weighted by atomic mass is 9.71. The Kier molecular flexibility index (Phi) is 5.28. The highest BCUT2D eigenvalue weighted by Gasteiger charge is 2.41. The molecule has 1 nitrogen and oxygen atoms in total. The minimum atomic E-state index is 0.198. The van der Waals surface area contributed by atoms with Crippen LogP contribution < -0.4 is 4.74 Å². The first-order valence-corrected chi connectivity index (χ1v) is 9.55. The predicted octanol–water partition coefficient (Wildman–Crippen LogP) is 6.73. The van der Waals surface area contributed by atoms with E-state index in [0.717, 1.165) is 5.75 Å². The van der Waals surface area contributed by atoms with E-state index in [2.05, 4.69) is 56.3 Å². The molecule has 0 aliphatic heterocycles. The molecule has 0 amide bonds. The number of rotatable bonds is 8. The molecule has 1 atom stereocenters. The second-order valence-corrected chi connectivity index (χ2v) is 7.10. The lowest BCUT2D eigenvalue weighted by molar-refractivity contribution is 0.405. The van der Waals surface area contributed by atoms with Crippen LogP contribution in [0.25, 0.3) is 11.1 Å². The zero-order chi connectivity index (χ0) is 17.0. The molecule has 0 radical (unpaired) electrons. The van der Waals surface area contributed by atoms with Crippen molar-refractivity contribution in [2.45, 2.75) is 64.2 Å². The summed E-state index contributed by atoms with van der Waals surface area (Å²) in [5.41, 5.74) is 6.06. The Hall–Kier alpha value is -1.76. The van der Waals surface area contributed by atoms with Crippen molar-refractivity contribution >= 4 is 0 Å². The van der Waals surface area contributed by atoms with Crippen LogP contribution in [0.4, 0.5) is 0 Å². The highest BCUT2D eigenvalue weighted by atomic mass is 16.5. The van der Waals surface area contributed by atoms with Gasteiger partial charge in [-0.15, -0.1) is 0 Å². The molecule has 0 saturated heterocycles. The molecule has 0 spiro atoms. The minimum absolute atomic E-state index is 0.198. The number of hydrogen-bond acceptors (Lipinski definition) is 1. The van der Waals surface area contributed by atoms with Crippen molar-refractivity contribution in [3.63, 3.8) is 0 Å². The van der Waals surface area contributed by atoms with Crippen molar-refractivity contribution < 1.29 is 4.74 Å². The zero-order valence-electron chi connectivity index (χ0n) is 15.4. The fourth-order valence-electron chi connectivity index (χ4n) is 4.39. The van der Waals surface area contributed by atoms with E-state index in [-0.39, 0.29) is 5.41 Å². The molecule has 2 aromatic rings. The fraction of sp³-hybridized carbons (Fsp3) is 0.478. The van der Waals surface area contributed by atoms with Gasteiger partial charge in [0.25, 0.3) is 0 Å². The van der Waals surface area contributed by atoms with E-state index in [9.17, 15) is 0 Å². The maximum absolute atomic E-state index is 5.50. The van der Waals surface area contributed by atoms with E-state index in [1.165, 1.54) is 67.2 Å². The molecule has 2 aromatic carbocycles. The zero-order valence-corrected chi connectivity index (χ0v) is 15.4. The summed E-state index contributed by atoms with van der Waals surface area (Å²) >= 11 is 0. The van der Waals surface area contributed by atoms with Gasteiger partial charge in [-0.25, -0.2) is 0 Å². The van der Waals surface area contributed by atoms with Crippen LogP contribution in [-0.4, -0.2) is 7.11 Å². The van der Waals surface area contributed by atoms with Crippen LogP contribution in [0, 0.1) is 0 Å². The van der Waals surface area contributed by atoms with Gasteiger partial charge in [-0.1, -0.05) is 76.3 Å². The van der Waals surface area contributed by atoms with Crippen LogP contribution >= 0.6 is 0 Å². The summed E-state index contributed by atoms with van der Waals surface area (Å²) in [5.74, 6) is 0.961. The summed E-state index contributed by atoms with van der Waals surface area (Å²) in [6, 6.07) is 15.7. The van der Waals surface area contributed by atoms with Crippen molar-refractivity contribution in [1.82, 2.24) is 0 Å². The standard InChI is InChI=1S/C23H30O/c1-4-6-10-16-23(15-7-5-2)21-12-9-8-11-19(21)20-17-18(24-3)13-14-22(20)23/h8-9,11-14,17H,4-7,10,15-16H2,1-3H3. The Morgan fingerprint density at radius 1 is 0.792 bits per heavy atom. The number of benzene rings is 2. The summed E-state index contributed by atoms with van der Waals surface area (Å²) in [4.78, 5) is 0. The molecule has 0 saturated carbocycles. The van der Waals surface area contributed by atoms with Crippen LogP contribution in [0.5, 0.6) is 5.75 Å². The molecule has 1 heteroatoms. The molecular weight excluding hydrogens is 292 g/mol. The molecule has 1 unspecified atom stereocenters. The summed E-state index contributed by atoms with van der Waals surface area (Å²) in [6.45, 7) is 4.59. The average molecular weight is 322 g/mol. The first-order chi connectivity index (χ1) is 11.8. The molecule has 1 aliphatic rings. The van der Waals surface area contributed by atoms with Crippen molar-refractivity contribution in [3.05, 3.63) is 53.6 Å². The van der Waals surface area contributed by atoms with Gasteiger partial charge in [0.2, 0.25) is 0 Å². The topological polar surface area (TPSA) is 9.23 Å². The summed E-state index contributed by atoms with van der Waals surface area (Å²) in [7, 11) is 1.76. The van der Waals surface area contributed by atoms with Gasteiger partial charge in [0.15, 0.2) is 0 Å². The van der Waals surface area contributed by atoms with E-state index >= 15 is 0 Å². The molecule has 0 fully saturated rings. The van der Waals surface area contributed by atoms with E-state index in [1.54, 1.807) is 7.11 Å². The van der Waals surface area contributed by atoms with Gasteiger partial charge >= 0.3 is 0 Å². The normalized spacial score (nSPS) is 18.3. The minimum Gasteiger partial charge on any atom is -0.497 e. The largest absolute Gasteiger partial charge is 0.497 e. The molecule has 0 N–H and O–H groups in total. The van der Waals surface area contributed by atoms with Crippen molar-refractivity contribution in [2.75, 3.05) is 7.11 Å². The van der Waals surface area contributed by atoms with E-state index in [0.29, 0.717) is 0 Å². The SMILES string of the molecule is CCCCCC1(CCCC)c2ccccc2-c2cc(OC)ccc21.